The van der Waals surface area contributed by atoms with Crippen LogP contribution in [0.25, 0.3) is 0 Å². The Kier molecular flexibility index (Phi) is 4.91. The molecule has 1 aliphatic carbocycles. The summed E-state index contributed by atoms with van der Waals surface area (Å²) in [5, 5.41) is 9.62. The van der Waals surface area contributed by atoms with Gasteiger partial charge in [0, 0.05) is 11.1 Å². The van der Waals surface area contributed by atoms with Gasteiger partial charge < -0.3 is 20.3 Å². The van der Waals surface area contributed by atoms with Gasteiger partial charge >= 0.3 is 0 Å². The normalized spacial score (nSPS) is 17.5. The van der Waals surface area contributed by atoms with Gasteiger partial charge in [0.05, 0.1) is 25.9 Å². The second kappa shape index (κ2) is 6.46. The Balaban J connectivity index is 2.25. The number of hydrogen-bond donors (Lipinski definition) is 2. The van der Waals surface area contributed by atoms with E-state index >= 15 is 0 Å². The van der Waals surface area contributed by atoms with Crippen LogP contribution in [0.1, 0.15) is 37.3 Å². The summed E-state index contributed by atoms with van der Waals surface area (Å²) in [7, 11) is 1.58. The number of hydrogen-bond acceptors (Lipinski definition) is 4. The van der Waals surface area contributed by atoms with Gasteiger partial charge in [-0.15, -0.1) is 0 Å². The maximum absolute atomic E-state index is 9.12. The van der Waals surface area contributed by atoms with E-state index < -0.39 is 6.04 Å². The van der Waals surface area contributed by atoms with E-state index in [2.05, 4.69) is 0 Å². The van der Waals surface area contributed by atoms with Gasteiger partial charge in [-0.25, -0.2) is 0 Å². The minimum absolute atomic E-state index is 0.161. The van der Waals surface area contributed by atoms with Crippen LogP contribution in [0.5, 0.6) is 11.5 Å². The molecule has 2 rings (SSSR count). The lowest BCUT2D eigenvalue weighted by Gasteiger charge is -2.19. The Morgan fingerprint density at radius 1 is 1.37 bits per heavy atom. The third kappa shape index (κ3) is 3.32. The highest BCUT2D eigenvalue weighted by atomic mass is 35.5. The molecule has 0 saturated heterocycles. The maximum atomic E-state index is 9.12. The third-order valence-electron chi connectivity index (χ3n) is 3.47. The fourth-order valence-electron chi connectivity index (χ4n) is 2.37. The number of rotatable bonds is 5. The van der Waals surface area contributed by atoms with E-state index in [1.165, 1.54) is 12.8 Å². The zero-order valence-electron chi connectivity index (χ0n) is 11.1. The fourth-order valence-corrected chi connectivity index (χ4v) is 2.66. The van der Waals surface area contributed by atoms with Crippen LogP contribution in [0.2, 0.25) is 5.02 Å². The van der Waals surface area contributed by atoms with Crippen LogP contribution in [0.3, 0.4) is 0 Å². The van der Waals surface area contributed by atoms with E-state index in [-0.39, 0.29) is 12.7 Å². The Morgan fingerprint density at radius 2 is 2.05 bits per heavy atom. The molecule has 1 aliphatic rings. The molecule has 5 heteroatoms. The predicted octanol–water partition coefficient (Wildman–Crippen LogP) is 2.66. The second-order valence-corrected chi connectivity index (χ2v) is 5.25. The molecule has 0 spiro atoms. The highest BCUT2D eigenvalue weighted by Gasteiger charge is 2.20. The number of benzene rings is 1. The van der Waals surface area contributed by atoms with Crippen LogP contribution >= 0.6 is 11.6 Å². The largest absolute Gasteiger partial charge is 0.493 e. The Hall–Kier alpha value is -0.970. The van der Waals surface area contributed by atoms with Crippen molar-refractivity contribution in [1.82, 2.24) is 0 Å². The molecule has 1 aromatic rings. The van der Waals surface area contributed by atoms with Crippen molar-refractivity contribution < 1.29 is 14.6 Å². The van der Waals surface area contributed by atoms with Crippen molar-refractivity contribution in [2.75, 3.05) is 13.7 Å². The molecule has 0 radical (unpaired) electrons. The first-order valence-corrected chi connectivity index (χ1v) is 6.94. The van der Waals surface area contributed by atoms with Crippen molar-refractivity contribution in [3.63, 3.8) is 0 Å². The van der Waals surface area contributed by atoms with Gasteiger partial charge in [-0.1, -0.05) is 11.6 Å². The monoisotopic (exact) mass is 285 g/mol. The van der Waals surface area contributed by atoms with Crippen LogP contribution in [0, 0.1) is 0 Å². The van der Waals surface area contributed by atoms with Crippen LogP contribution < -0.4 is 15.2 Å². The van der Waals surface area contributed by atoms with E-state index in [0.717, 1.165) is 12.8 Å². The van der Waals surface area contributed by atoms with Gasteiger partial charge in [0.1, 0.15) is 0 Å². The van der Waals surface area contributed by atoms with E-state index in [1.54, 1.807) is 19.2 Å². The molecule has 3 N–H and O–H groups in total. The van der Waals surface area contributed by atoms with E-state index in [4.69, 9.17) is 31.9 Å². The number of halogens is 1. The van der Waals surface area contributed by atoms with E-state index in [1.807, 2.05) is 0 Å². The molecule has 0 amide bonds. The van der Waals surface area contributed by atoms with Crippen molar-refractivity contribution in [3.05, 3.63) is 22.7 Å². The zero-order chi connectivity index (χ0) is 13.8. The first kappa shape index (κ1) is 14.4. The van der Waals surface area contributed by atoms with Crippen LogP contribution in [-0.2, 0) is 0 Å². The molecule has 0 heterocycles. The molecule has 106 valence electrons. The number of ether oxygens (including phenoxy) is 2. The summed E-state index contributed by atoms with van der Waals surface area (Å²) in [5.74, 6) is 1.25. The lowest BCUT2D eigenvalue weighted by molar-refractivity contribution is 0.200. The summed E-state index contributed by atoms with van der Waals surface area (Å²) in [6, 6.07) is 2.96. The molecule has 1 unspecified atom stereocenters. The topological polar surface area (TPSA) is 64.7 Å². The third-order valence-corrected chi connectivity index (χ3v) is 3.80. The zero-order valence-corrected chi connectivity index (χ0v) is 11.8. The second-order valence-electron chi connectivity index (χ2n) is 4.84. The molecule has 4 nitrogen and oxygen atoms in total. The summed E-state index contributed by atoms with van der Waals surface area (Å²) < 4.78 is 11.3. The Labute approximate surface area is 118 Å². The van der Waals surface area contributed by atoms with Crippen LogP contribution in [0.4, 0.5) is 0 Å². The van der Waals surface area contributed by atoms with Gasteiger partial charge in [-0.3, -0.25) is 0 Å². The number of aliphatic hydroxyl groups is 1. The average molecular weight is 286 g/mol. The quantitative estimate of drug-likeness (QED) is 0.873. The summed E-state index contributed by atoms with van der Waals surface area (Å²) >= 11 is 6.19. The van der Waals surface area contributed by atoms with Gasteiger partial charge in [-0.05, 0) is 37.3 Å². The first-order chi connectivity index (χ1) is 9.15. The highest BCUT2D eigenvalue weighted by molar-refractivity contribution is 6.31. The van der Waals surface area contributed by atoms with Crippen molar-refractivity contribution in [2.45, 2.75) is 37.8 Å². The maximum Gasteiger partial charge on any atom is 0.163 e. The van der Waals surface area contributed by atoms with E-state index in [0.29, 0.717) is 22.1 Å². The molecule has 0 aliphatic heterocycles. The van der Waals surface area contributed by atoms with Crippen molar-refractivity contribution in [2.24, 2.45) is 5.73 Å². The smallest absolute Gasteiger partial charge is 0.163 e. The van der Waals surface area contributed by atoms with Crippen LogP contribution in [-0.4, -0.2) is 24.9 Å². The van der Waals surface area contributed by atoms with Gasteiger partial charge in [0.2, 0.25) is 0 Å². The first-order valence-electron chi connectivity index (χ1n) is 6.56. The van der Waals surface area contributed by atoms with Gasteiger partial charge in [0.15, 0.2) is 11.5 Å². The minimum Gasteiger partial charge on any atom is -0.493 e. The summed E-state index contributed by atoms with van der Waals surface area (Å²) in [4.78, 5) is 0. The van der Waals surface area contributed by atoms with Gasteiger partial charge in [0.25, 0.3) is 0 Å². The summed E-state index contributed by atoms with van der Waals surface area (Å²) in [5.41, 5.74) is 6.47. The number of aliphatic hydroxyl groups excluding tert-OH is 1. The summed E-state index contributed by atoms with van der Waals surface area (Å²) in [6.45, 7) is -0.161. The Bertz CT molecular complexity index is 433. The molecule has 1 fully saturated rings. The molecule has 19 heavy (non-hydrogen) atoms. The van der Waals surface area contributed by atoms with Crippen molar-refractivity contribution in [1.29, 1.82) is 0 Å². The van der Waals surface area contributed by atoms with Gasteiger partial charge in [-0.2, -0.15) is 0 Å². The molecular weight excluding hydrogens is 266 g/mol. The van der Waals surface area contributed by atoms with Crippen molar-refractivity contribution in [3.8, 4) is 11.5 Å². The highest BCUT2D eigenvalue weighted by Crippen LogP contribution is 2.37. The van der Waals surface area contributed by atoms with E-state index in [9.17, 15) is 0 Å². The molecule has 1 atom stereocenters. The minimum atomic E-state index is -0.512. The number of nitrogens with two attached hydrogens (primary N) is 1. The predicted molar refractivity (Wildman–Crippen MR) is 74.9 cm³/mol. The Morgan fingerprint density at radius 3 is 2.63 bits per heavy atom. The standard InChI is InChI=1S/C14H20ClNO3/c1-18-13-6-10(12(16)8-17)11(15)7-14(13)19-9-4-2-3-5-9/h6-7,9,12,17H,2-5,8,16H2,1H3. The number of methoxy groups -OCH3 is 1. The molecule has 1 saturated carbocycles. The molecule has 0 bridgehead atoms. The van der Waals surface area contributed by atoms with Crippen molar-refractivity contribution >= 4 is 11.6 Å². The average Bonchev–Trinajstić information content (AvgIpc) is 2.91. The molecular formula is C14H20ClNO3. The SMILES string of the molecule is COc1cc(C(N)CO)c(Cl)cc1OC1CCCC1. The fraction of sp³-hybridized carbons (Fsp3) is 0.571. The lowest BCUT2D eigenvalue weighted by atomic mass is 10.1. The molecule has 1 aromatic carbocycles. The lowest BCUT2D eigenvalue weighted by Crippen LogP contribution is -2.16. The van der Waals surface area contributed by atoms with Crippen LogP contribution in [0.15, 0.2) is 12.1 Å². The summed E-state index contributed by atoms with van der Waals surface area (Å²) in [6.07, 6.45) is 4.78. The molecule has 0 aromatic heterocycles.